The molecule has 0 amide bonds. The van der Waals surface area contributed by atoms with Crippen molar-refractivity contribution in [2.45, 2.75) is 44.8 Å². The Labute approximate surface area is 201 Å². The van der Waals surface area contributed by atoms with E-state index in [9.17, 15) is 14.6 Å². The number of aliphatic hydroxyl groups is 2. The quantitative estimate of drug-likeness (QED) is 0.673. The van der Waals surface area contributed by atoms with Gasteiger partial charge in [0, 0.05) is 38.4 Å². The molecule has 7 heteroatoms. The van der Waals surface area contributed by atoms with Crippen molar-refractivity contribution in [1.29, 1.82) is 0 Å². The summed E-state index contributed by atoms with van der Waals surface area (Å²) in [6.07, 6.45) is 1.22. The van der Waals surface area contributed by atoms with E-state index in [1.54, 1.807) is 12.1 Å². The van der Waals surface area contributed by atoms with Gasteiger partial charge in [-0.15, -0.1) is 0 Å². The number of β-amino-alcohol motifs (C(OH)–C–C–N with tert-alkyl or cyclic N) is 2. The first-order valence-electron chi connectivity index (χ1n) is 12.1. The second-order valence-electron chi connectivity index (χ2n) is 10.1. The third kappa shape index (κ3) is 5.89. The fraction of sp³-hybridized carbons (Fsp3) is 0.556. The van der Waals surface area contributed by atoms with Crippen LogP contribution in [-0.4, -0.2) is 78.9 Å². The molecule has 0 bridgehead atoms. The molecule has 2 aliphatic rings. The SMILES string of the molecule is Cc1ccc(C)c(OCC2(O)COCCN(CC3(O)CCN(c4ccc(F)cc4)CC3)C2)c1C. The van der Waals surface area contributed by atoms with Gasteiger partial charge in [-0.1, -0.05) is 12.1 Å². The molecular weight excluding hydrogens is 435 g/mol. The molecule has 1 atom stereocenters. The van der Waals surface area contributed by atoms with E-state index < -0.39 is 11.2 Å². The van der Waals surface area contributed by atoms with Crippen LogP contribution in [0.1, 0.15) is 29.5 Å². The average Bonchev–Trinajstić information content (AvgIpc) is 2.98. The Morgan fingerprint density at radius 3 is 2.32 bits per heavy atom. The summed E-state index contributed by atoms with van der Waals surface area (Å²) in [6, 6.07) is 10.6. The lowest BCUT2D eigenvalue weighted by Gasteiger charge is -2.42. The molecule has 0 aliphatic carbocycles. The minimum Gasteiger partial charge on any atom is -0.490 e. The highest BCUT2D eigenvalue weighted by atomic mass is 19.1. The molecule has 6 nitrogen and oxygen atoms in total. The molecule has 0 radical (unpaired) electrons. The van der Waals surface area contributed by atoms with Crippen molar-refractivity contribution < 1.29 is 24.1 Å². The van der Waals surface area contributed by atoms with Gasteiger partial charge in [-0.05, 0) is 74.6 Å². The first-order valence-corrected chi connectivity index (χ1v) is 12.1. The van der Waals surface area contributed by atoms with Crippen LogP contribution in [0.5, 0.6) is 5.75 Å². The van der Waals surface area contributed by atoms with Crippen LogP contribution in [-0.2, 0) is 4.74 Å². The van der Waals surface area contributed by atoms with E-state index in [1.807, 2.05) is 19.9 Å². The summed E-state index contributed by atoms with van der Waals surface area (Å²) in [5, 5.41) is 22.7. The summed E-state index contributed by atoms with van der Waals surface area (Å²) >= 11 is 0. The molecular formula is C27H37FN2O4. The smallest absolute Gasteiger partial charge is 0.134 e. The van der Waals surface area contributed by atoms with Crippen molar-refractivity contribution >= 4 is 5.69 Å². The Kier molecular flexibility index (Phi) is 7.48. The maximum atomic E-state index is 13.2. The Balaban J connectivity index is 1.36. The molecule has 186 valence electrons. The van der Waals surface area contributed by atoms with E-state index in [2.05, 4.69) is 22.8 Å². The minimum atomic E-state index is -1.16. The number of hydrogen-bond donors (Lipinski definition) is 2. The lowest BCUT2D eigenvalue weighted by molar-refractivity contribution is -0.0744. The van der Waals surface area contributed by atoms with Crippen molar-refractivity contribution in [3.63, 3.8) is 0 Å². The molecule has 2 aromatic rings. The zero-order chi connectivity index (χ0) is 24.3. The number of aryl methyl sites for hydroxylation is 2. The molecule has 34 heavy (non-hydrogen) atoms. The van der Waals surface area contributed by atoms with E-state index in [-0.39, 0.29) is 19.0 Å². The van der Waals surface area contributed by atoms with E-state index in [0.29, 0.717) is 52.2 Å². The van der Waals surface area contributed by atoms with Crippen LogP contribution in [0, 0.1) is 26.6 Å². The van der Waals surface area contributed by atoms with Crippen molar-refractivity contribution in [3.05, 3.63) is 58.9 Å². The zero-order valence-electron chi connectivity index (χ0n) is 20.5. The number of halogens is 1. The Morgan fingerprint density at radius 1 is 0.941 bits per heavy atom. The minimum absolute atomic E-state index is 0.130. The molecule has 0 saturated carbocycles. The maximum Gasteiger partial charge on any atom is 0.134 e. The highest BCUT2D eigenvalue weighted by Gasteiger charge is 2.39. The number of anilines is 1. The van der Waals surface area contributed by atoms with Gasteiger partial charge in [0.05, 0.1) is 18.8 Å². The highest BCUT2D eigenvalue weighted by Crippen LogP contribution is 2.30. The van der Waals surface area contributed by atoms with Crippen LogP contribution in [0.2, 0.25) is 0 Å². The van der Waals surface area contributed by atoms with Crippen molar-refractivity contribution in [2.75, 3.05) is 57.4 Å². The second kappa shape index (κ2) is 10.2. The summed E-state index contributed by atoms with van der Waals surface area (Å²) in [5.74, 6) is 0.570. The lowest BCUT2D eigenvalue weighted by atomic mass is 9.90. The topological polar surface area (TPSA) is 65.4 Å². The molecule has 2 N–H and O–H groups in total. The molecule has 2 fully saturated rings. The molecule has 0 spiro atoms. The number of hydrogen-bond acceptors (Lipinski definition) is 6. The van der Waals surface area contributed by atoms with Crippen molar-refractivity contribution in [2.24, 2.45) is 0 Å². The van der Waals surface area contributed by atoms with E-state index in [4.69, 9.17) is 9.47 Å². The Hall–Kier alpha value is -2.19. The zero-order valence-corrected chi connectivity index (χ0v) is 20.5. The van der Waals surface area contributed by atoms with Crippen LogP contribution in [0.3, 0.4) is 0 Å². The Morgan fingerprint density at radius 2 is 1.62 bits per heavy atom. The van der Waals surface area contributed by atoms with E-state index in [0.717, 1.165) is 28.1 Å². The average molecular weight is 473 g/mol. The molecule has 2 aromatic carbocycles. The number of rotatable bonds is 6. The summed E-state index contributed by atoms with van der Waals surface area (Å²) < 4.78 is 25.1. The fourth-order valence-electron chi connectivity index (χ4n) is 4.98. The van der Waals surface area contributed by atoms with Gasteiger partial charge >= 0.3 is 0 Å². The molecule has 1 unspecified atom stereocenters. The first kappa shape index (κ1) is 24.9. The van der Waals surface area contributed by atoms with E-state index >= 15 is 0 Å². The van der Waals surface area contributed by atoms with Gasteiger partial charge in [-0.3, -0.25) is 4.90 Å². The monoisotopic (exact) mass is 472 g/mol. The van der Waals surface area contributed by atoms with Crippen molar-refractivity contribution in [3.8, 4) is 5.75 Å². The second-order valence-corrected chi connectivity index (χ2v) is 10.1. The number of piperidine rings is 1. The Bertz CT molecular complexity index is 975. The summed E-state index contributed by atoms with van der Waals surface area (Å²) in [4.78, 5) is 4.27. The van der Waals surface area contributed by atoms with Gasteiger partial charge in [-0.25, -0.2) is 4.39 Å². The van der Waals surface area contributed by atoms with Crippen molar-refractivity contribution in [1.82, 2.24) is 4.90 Å². The predicted octanol–water partition coefficient (Wildman–Crippen LogP) is 3.22. The van der Waals surface area contributed by atoms with E-state index in [1.165, 1.54) is 12.1 Å². The summed E-state index contributed by atoms with van der Waals surface area (Å²) in [7, 11) is 0. The van der Waals surface area contributed by atoms with Gasteiger partial charge in [0.25, 0.3) is 0 Å². The fourth-order valence-corrected chi connectivity index (χ4v) is 4.98. The maximum absolute atomic E-state index is 13.2. The van der Waals surface area contributed by atoms with Crippen LogP contribution in [0.4, 0.5) is 10.1 Å². The number of benzene rings is 2. The summed E-state index contributed by atoms with van der Waals surface area (Å²) in [6.45, 7) is 9.82. The molecule has 0 aromatic heterocycles. The van der Waals surface area contributed by atoms with Gasteiger partial charge < -0.3 is 24.6 Å². The normalized spacial score (nSPS) is 23.5. The predicted molar refractivity (Wildman–Crippen MR) is 131 cm³/mol. The van der Waals surface area contributed by atoms with Crippen LogP contribution in [0.15, 0.2) is 36.4 Å². The van der Waals surface area contributed by atoms with Crippen LogP contribution in [0.25, 0.3) is 0 Å². The van der Waals surface area contributed by atoms with Crippen LogP contribution < -0.4 is 9.64 Å². The molecule has 2 aliphatic heterocycles. The highest BCUT2D eigenvalue weighted by molar-refractivity contribution is 5.47. The summed E-state index contributed by atoms with van der Waals surface area (Å²) in [5.41, 5.74) is 2.24. The largest absolute Gasteiger partial charge is 0.490 e. The van der Waals surface area contributed by atoms with Gasteiger partial charge in [0.2, 0.25) is 0 Å². The number of nitrogens with zero attached hydrogens (tertiary/aromatic N) is 2. The van der Waals surface area contributed by atoms with Gasteiger partial charge in [0.1, 0.15) is 23.8 Å². The number of ether oxygens (including phenoxy) is 2. The third-order valence-electron chi connectivity index (χ3n) is 7.20. The molecule has 2 saturated heterocycles. The molecule has 2 heterocycles. The first-order chi connectivity index (χ1) is 16.2. The lowest BCUT2D eigenvalue weighted by Crippen LogP contribution is -2.55. The van der Waals surface area contributed by atoms with Gasteiger partial charge in [0.15, 0.2) is 0 Å². The standard InChI is InChI=1S/C27H37FN2O4/c1-20-4-5-21(2)25(22(20)3)34-19-27(32)17-29(14-15-33-18-27)16-26(31)10-12-30(13-11-26)24-8-6-23(28)7-9-24/h4-9,31-32H,10-19H2,1-3H3. The van der Waals surface area contributed by atoms with Gasteiger partial charge in [-0.2, -0.15) is 0 Å². The third-order valence-corrected chi connectivity index (χ3v) is 7.20. The molecule has 4 rings (SSSR count). The van der Waals surface area contributed by atoms with Crippen LogP contribution >= 0.6 is 0 Å².